The van der Waals surface area contributed by atoms with E-state index in [2.05, 4.69) is 30.1 Å². The predicted molar refractivity (Wildman–Crippen MR) is 51.7 cm³/mol. The van der Waals surface area contributed by atoms with E-state index < -0.39 is 0 Å². The van der Waals surface area contributed by atoms with Crippen molar-refractivity contribution >= 4 is 6.08 Å². The fourth-order valence-electron chi connectivity index (χ4n) is 1.50. The first-order chi connectivity index (χ1) is 6.42. The fourth-order valence-corrected chi connectivity index (χ4v) is 1.50. The lowest BCUT2D eigenvalue weighted by atomic mass is 10.0. The summed E-state index contributed by atoms with van der Waals surface area (Å²) in [6.07, 6.45) is 5.14. The molecule has 1 heteroatoms. The molecule has 0 N–H and O–H groups in total. The molecule has 13 heavy (non-hydrogen) atoms. The minimum atomic E-state index is 0.936. The molecular weight excluding hydrogens is 158 g/mol. The highest BCUT2D eigenvalue weighted by molar-refractivity contribution is 5.64. The second-order valence-electron chi connectivity index (χ2n) is 2.84. The van der Waals surface area contributed by atoms with Crippen molar-refractivity contribution in [1.29, 1.82) is 5.26 Å². The molecule has 0 amide bonds. The van der Waals surface area contributed by atoms with Crippen LogP contribution in [-0.2, 0) is 6.42 Å². The third kappa shape index (κ3) is 1.33. The van der Waals surface area contributed by atoms with Crippen LogP contribution < -0.4 is 0 Å². The second-order valence-corrected chi connectivity index (χ2v) is 2.84. The van der Waals surface area contributed by atoms with Crippen molar-refractivity contribution in [3.05, 3.63) is 41.0 Å². The zero-order chi connectivity index (χ0) is 9.10. The van der Waals surface area contributed by atoms with Crippen molar-refractivity contribution in [3.8, 4) is 17.9 Å². The van der Waals surface area contributed by atoms with E-state index in [0.717, 1.165) is 12.0 Å². The Kier molecular flexibility index (Phi) is 1.87. The number of rotatable bonds is 0. The lowest BCUT2D eigenvalue weighted by molar-refractivity contribution is 1.29. The lowest BCUT2D eigenvalue weighted by Crippen LogP contribution is -1.87. The maximum Gasteiger partial charge on any atom is 0.152 e. The number of hydrogen-bond acceptors (Lipinski definition) is 1. The van der Waals surface area contributed by atoms with Crippen LogP contribution in [0.25, 0.3) is 6.08 Å². The van der Waals surface area contributed by atoms with Crippen molar-refractivity contribution in [2.75, 3.05) is 0 Å². The Labute approximate surface area is 77.3 Å². The number of fused-ring (bicyclic) bond motifs is 1. The van der Waals surface area contributed by atoms with Gasteiger partial charge in [-0.15, -0.1) is 0 Å². The van der Waals surface area contributed by atoms with Crippen LogP contribution in [0.5, 0.6) is 0 Å². The molecule has 1 aromatic rings. The molecule has 1 aliphatic carbocycles. The smallest absolute Gasteiger partial charge is 0.152 e. The Balaban J connectivity index is 2.51. The van der Waals surface area contributed by atoms with Gasteiger partial charge in [0.1, 0.15) is 0 Å². The van der Waals surface area contributed by atoms with Crippen molar-refractivity contribution in [1.82, 2.24) is 0 Å². The maximum atomic E-state index is 8.34. The molecule has 1 aromatic carbocycles. The van der Waals surface area contributed by atoms with E-state index in [0.29, 0.717) is 0 Å². The van der Waals surface area contributed by atoms with E-state index in [4.69, 9.17) is 5.26 Å². The lowest BCUT2D eigenvalue weighted by Gasteiger charge is -2.00. The van der Waals surface area contributed by atoms with Crippen LogP contribution in [0, 0.1) is 23.2 Å². The van der Waals surface area contributed by atoms with Gasteiger partial charge in [-0.3, -0.25) is 0 Å². The Hall–Kier alpha value is -1.99. The molecule has 60 valence electrons. The van der Waals surface area contributed by atoms with E-state index in [1.54, 1.807) is 0 Å². The molecule has 0 aliphatic heterocycles. The molecule has 1 nitrogen and oxygen atoms in total. The fraction of sp³-hybridized carbons (Fsp3) is 0.0833. The quantitative estimate of drug-likeness (QED) is 0.540. The second kappa shape index (κ2) is 3.17. The van der Waals surface area contributed by atoms with E-state index in [1.165, 1.54) is 11.1 Å². The topological polar surface area (TPSA) is 23.8 Å². The van der Waals surface area contributed by atoms with Crippen molar-refractivity contribution in [2.45, 2.75) is 6.42 Å². The molecule has 0 saturated heterocycles. The number of allylic oxidation sites excluding steroid dienone is 1. The standard InChI is InChI=1S/C12H7N/c13-9-3-7-11-5-1-4-10-6-2-8-12(10)11/h1-2,4-6H,8H2. The molecule has 0 heterocycles. The largest absolute Gasteiger partial charge is 0.183 e. The summed E-state index contributed by atoms with van der Waals surface area (Å²) in [5, 5.41) is 8.34. The van der Waals surface area contributed by atoms with Crippen LogP contribution in [-0.4, -0.2) is 0 Å². The first kappa shape index (κ1) is 7.65. The predicted octanol–water partition coefficient (Wildman–Crippen LogP) is 2.13. The minimum Gasteiger partial charge on any atom is -0.183 e. The summed E-state index contributed by atoms with van der Waals surface area (Å²) in [6, 6.07) is 7.81. The van der Waals surface area contributed by atoms with E-state index in [9.17, 15) is 0 Å². The minimum absolute atomic E-state index is 0.936. The van der Waals surface area contributed by atoms with E-state index >= 15 is 0 Å². The summed E-state index contributed by atoms with van der Waals surface area (Å²) < 4.78 is 0. The molecular formula is C12H7N. The van der Waals surface area contributed by atoms with Crippen LogP contribution in [0.15, 0.2) is 24.3 Å². The molecule has 0 radical (unpaired) electrons. The molecule has 0 aromatic heterocycles. The normalized spacial score (nSPS) is 11.3. The molecule has 0 atom stereocenters. The highest BCUT2D eigenvalue weighted by Crippen LogP contribution is 2.22. The first-order valence-electron chi connectivity index (χ1n) is 4.10. The van der Waals surface area contributed by atoms with Crippen LogP contribution >= 0.6 is 0 Å². The third-order valence-corrected chi connectivity index (χ3v) is 2.08. The maximum absolute atomic E-state index is 8.34. The van der Waals surface area contributed by atoms with Crippen LogP contribution in [0.1, 0.15) is 16.7 Å². The Morgan fingerprint density at radius 3 is 3.08 bits per heavy atom. The van der Waals surface area contributed by atoms with Gasteiger partial charge in [-0.2, -0.15) is 5.26 Å². The average Bonchev–Trinajstić information content (AvgIpc) is 2.62. The number of benzene rings is 1. The highest BCUT2D eigenvalue weighted by atomic mass is 14.2. The van der Waals surface area contributed by atoms with E-state index in [1.807, 2.05) is 18.2 Å². The monoisotopic (exact) mass is 165 g/mol. The number of nitrogens with zero attached hydrogens (tertiary/aromatic N) is 1. The van der Waals surface area contributed by atoms with Crippen LogP contribution in [0.4, 0.5) is 0 Å². The van der Waals surface area contributed by atoms with Gasteiger partial charge in [0.2, 0.25) is 0 Å². The molecule has 0 fully saturated rings. The average molecular weight is 165 g/mol. The zero-order valence-corrected chi connectivity index (χ0v) is 7.04. The summed E-state index contributed by atoms with van der Waals surface area (Å²) in [7, 11) is 0. The van der Waals surface area contributed by atoms with Crippen LogP contribution in [0.3, 0.4) is 0 Å². The summed E-state index contributed by atoms with van der Waals surface area (Å²) in [5.74, 6) is 5.27. The third-order valence-electron chi connectivity index (χ3n) is 2.08. The van der Waals surface area contributed by atoms with Gasteiger partial charge in [-0.25, -0.2) is 0 Å². The zero-order valence-electron chi connectivity index (χ0n) is 7.04. The molecule has 0 bridgehead atoms. The summed E-state index contributed by atoms with van der Waals surface area (Å²) in [5.41, 5.74) is 3.44. The first-order valence-corrected chi connectivity index (χ1v) is 4.10. The van der Waals surface area contributed by atoms with Gasteiger partial charge >= 0.3 is 0 Å². The van der Waals surface area contributed by atoms with Crippen molar-refractivity contribution in [3.63, 3.8) is 0 Å². The van der Waals surface area contributed by atoms with Gasteiger partial charge in [-0.1, -0.05) is 30.2 Å². The molecule has 0 spiro atoms. The summed E-state index contributed by atoms with van der Waals surface area (Å²) in [4.78, 5) is 0. The Bertz CT molecular complexity index is 464. The Morgan fingerprint density at radius 2 is 2.23 bits per heavy atom. The van der Waals surface area contributed by atoms with Crippen molar-refractivity contribution < 1.29 is 0 Å². The molecule has 0 unspecified atom stereocenters. The molecule has 0 saturated carbocycles. The van der Waals surface area contributed by atoms with Crippen LogP contribution in [0.2, 0.25) is 0 Å². The summed E-state index contributed by atoms with van der Waals surface area (Å²) in [6.45, 7) is 0. The Morgan fingerprint density at radius 1 is 1.31 bits per heavy atom. The number of hydrogen-bond donors (Lipinski definition) is 0. The van der Waals surface area contributed by atoms with Gasteiger partial charge in [-0.05, 0) is 23.6 Å². The van der Waals surface area contributed by atoms with Gasteiger partial charge in [0.15, 0.2) is 6.07 Å². The van der Waals surface area contributed by atoms with Crippen molar-refractivity contribution in [2.24, 2.45) is 0 Å². The van der Waals surface area contributed by atoms with Gasteiger partial charge in [0.25, 0.3) is 0 Å². The van der Waals surface area contributed by atoms with Gasteiger partial charge in [0, 0.05) is 11.5 Å². The van der Waals surface area contributed by atoms with Gasteiger partial charge in [0.05, 0.1) is 0 Å². The molecule has 1 aliphatic rings. The van der Waals surface area contributed by atoms with E-state index in [-0.39, 0.29) is 0 Å². The highest BCUT2D eigenvalue weighted by Gasteiger charge is 2.07. The summed E-state index contributed by atoms with van der Waals surface area (Å²) >= 11 is 0. The molecule has 2 rings (SSSR count). The number of nitriles is 1. The van der Waals surface area contributed by atoms with Gasteiger partial charge < -0.3 is 0 Å². The SMILES string of the molecule is N#CC#Cc1cccc2c1CC=C2.